The summed E-state index contributed by atoms with van der Waals surface area (Å²) in [5, 5.41) is 23.7. The Morgan fingerprint density at radius 2 is 1.82 bits per heavy atom. The third-order valence-corrected chi connectivity index (χ3v) is 6.34. The van der Waals surface area contributed by atoms with Gasteiger partial charge in [-0.1, -0.05) is 30.3 Å². The highest BCUT2D eigenvalue weighted by molar-refractivity contribution is 5.94. The molecule has 0 saturated carbocycles. The number of aliphatic carboxylic acids is 2. The van der Waals surface area contributed by atoms with Crippen molar-refractivity contribution < 1.29 is 34.2 Å². The molecule has 204 valence electrons. The summed E-state index contributed by atoms with van der Waals surface area (Å²) in [4.78, 5) is 70.1. The van der Waals surface area contributed by atoms with E-state index < -0.39 is 53.8 Å². The first-order valence-corrected chi connectivity index (χ1v) is 12.3. The number of carboxylic acids is 2. The lowest BCUT2D eigenvalue weighted by Gasteiger charge is -2.30. The van der Waals surface area contributed by atoms with Gasteiger partial charge in [-0.3, -0.25) is 19.2 Å². The average molecular weight is 529 g/mol. The predicted octanol–water partition coefficient (Wildman–Crippen LogP) is -0.568. The average Bonchev–Trinajstić information content (AvgIpc) is 3.59. The molecule has 2 aromatic rings. The number of nitrogens with one attached hydrogen (secondary N) is 3. The number of aromatic amines is 1. The first-order valence-electron chi connectivity index (χ1n) is 12.3. The second-order valence-corrected chi connectivity index (χ2v) is 9.16. The Kier molecular flexibility index (Phi) is 9.93. The van der Waals surface area contributed by atoms with Gasteiger partial charge in [0, 0.05) is 37.7 Å². The number of aromatic nitrogens is 2. The number of benzene rings is 1. The highest BCUT2D eigenvalue weighted by atomic mass is 16.4. The Labute approximate surface area is 218 Å². The van der Waals surface area contributed by atoms with E-state index in [0.29, 0.717) is 18.5 Å². The molecular formula is C25H32N6O7. The van der Waals surface area contributed by atoms with Gasteiger partial charge in [0.1, 0.15) is 18.1 Å². The van der Waals surface area contributed by atoms with E-state index in [-0.39, 0.29) is 32.2 Å². The van der Waals surface area contributed by atoms with Gasteiger partial charge in [-0.05, 0) is 24.8 Å². The molecule has 3 amide bonds. The van der Waals surface area contributed by atoms with Gasteiger partial charge < -0.3 is 36.5 Å². The Balaban J connectivity index is 1.72. The summed E-state index contributed by atoms with van der Waals surface area (Å²) in [5.41, 5.74) is 7.11. The fourth-order valence-corrected chi connectivity index (χ4v) is 4.33. The number of carboxylic acid groups (broad SMARTS) is 2. The van der Waals surface area contributed by atoms with Crippen LogP contribution in [0, 0.1) is 0 Å². The molecule has 0 radical (unpaired) electrons. The summed E-state index contributed by atoms with van der Waals surface area (Å²) in [6.07, 6.45) is 3.45. The van der Waals surface area contributed by atoms with Crippen LogP contribution in [-0.4, -0.2) is 85.5 Å². The van der Waals surface area contributed by atoms with Crippen LogP contribution in [0.25, 0.3) is 0 Å². The maximum absolute atomic E-state index is 13.6. The zero-order chi connectivity index (χ0) is 27.7. The predicted molar refractivity (Wildman–Crippen MR) is 134 cm³/mol. The van der Waals surface area contributed by atoms with Crippen LogP contribution in [0.15, 0.2) is 42.9 Å². The molecule has 38 heavy (non-hydrogen) atoms. The maximum Gasteiger partial charge on any atom is 0.326 e. The summed E-state index contributed by atoms with van der Waals surface area (Å²) in [6, 6.07) is 4.52. The number of nitrogens with zero attached hydrogens (tertiary/aromatic N) is 2. The molecule has 1 aliphatic heterocycles. The monoisotopic (exact) mass is 528 g/mol. The fourth-order valence-electron chi connectivity index (χ4n) is 4.33. The van der Waals surface area contributed by atoms with Crippen LogP contribution in [-0.2, 0) is 36.8 Å². The molecule has 1 aromatic heterocycles. The lowest BCUT2D eigenvalue weighted by molar-refractivity contribution is -0.145. The van der Waals surface area contributed by atoms with Gasteiger partial charge in [0.15, 0.2) is 0 Å². The summed E-state index contributed by atoms with van der Waals surface area (Å²) in [6.45, 7) is 0.244. The van der Waals surface area contributed by atoms with Crippen LogP contribution in [0.1, 0.15) is 36.9 Å². The van der Waals surface area contributed by atoms with Crippen molar-refractivity contribution in [3.63, 3.8) is 0 Å². The number of rotatable bonds is 13. The SMILES string of the molecule is NC(CCC(=O)O)C(=O)NC(Cc1cnc[nH]1)C(=O)N1CCCC1C(=O)NC(Cc1ccccc1)C(=O)O. The molecule has 1 fully saturated rings. The van der Waals surface area contributed by atoms with E-state index in [0.717, 1.165) is 5.56 Å². The van der Waals surface area contributed by atoms with Gasteiger partial charge >= 0.3 is 11.9 Å². The molecule has 1 aromatic carbocycles. The minimum atomic E-state index is -1.20. The van der Waals surface area contributed by atoms with Crippen molar-refractivity contribution in [2.24, 2.45) is 5.73 Å². The second kappa shape index (κ2) is 13.3. The van der Waals surface area contributed by atoms with Crippen molar-refractivity contribution >= 4 is 29.7 Å². The number of hydrogen-bond acceptors (Lipinski definition) is 7. The lowest BCUT2D eigenvalue weighted by Crippen LogP contribution is -2.57. The molecule has 0 aliphatic carbocycles. The van der Waals surface area contributed by atoms with Gasteiger partial charge in [0.2, 0.25) is 17.7 Å². The smallest absolute Gasteiger partial charge is 0.326 e. The van der Waals surface area contributed by atoms with Crippen LogP contribution in [0.2, 0.25) is 0 Å². The maximum atomic E-state index is 13.6. The van der Waals surface area contributed by atoms with Crippen molar-refractivity contribution in [3.8, 4) is 0 Å². The molecule has 0 bridgehead atoms. The number of hydrogen-bond donors (Lipinski definition) is 6. The number of nitrogens with two attached hydrogens (primary N) is 1. The van der Waals surface area contributed by atoms with Gasteiger partial charge in [-0.15, -0.1) is 0 Å². The van der Waals surface area contributed by atoms with Crippen LogP contribution >= 0.6 is 0 Å². The summed E-state index contributed by atoms with van der Waals surface area (Å²) in [5.74, 6) is -4.12. The van der Waals surface area contributed by atoms with Crippen molar-refractivity contribution in [1.29, 1.82) is 0 Å². The van der Waals surface area contributed by atoms with Crippen molar-refractivity contribution in [2.75, 3.05) is 6.54 Å². The minimum Gasteiger partial charge on any atom is -0.481 e. The second-order valence-electron chi connectivity index (χ2n) is 9.16. The minimum absolute atomic E-state index is 0.0345. The van der Waals surface area contributed by atoms with Crippen LogP contribution in [0.3, 0.4) is 0 Å². The number of carbonyl (C=O) groups excluding carboxylic acids is 3. The van der Waals surface area contributed by atoms with E-state index >= 15 is 0 Å². The standard InChI is InChI=1S/C25H32N6O7/c26-17(8-9-21(32)33)22(34)29-18(12-16-13-27-14-28-16)24(36)31-10-4-7-20(31)23(35)30-19(25(37)38)11-15-5-2-1-3-6-15/h1-3,5-6,13-14,17-20H,4,7-12,26H2,(H,27,28)(H,29,34)(H,30,35)(H,32,33)(H,37,38). The summed E-state index contributed by atoms with van der Waals surface area (Å²) < 4.78 is 0. The van der Waals surface area contributed by atoms with E-state index in [2.05, 4.69) is 20.6 Å². The summed E-state index contributed by atoms with van der Waals surface area (Å²) in [7, 11) is 0. The number of likely N-dealkylation sites (tertiary alicyclic amines) is 1. The molecule has 1 aliphatic rings. The highest BCUT2D eigenvalue weighted by Gasteiger charge is 2.39. The number of amides is 3. The Morgan fingerprint density at radius 1 is 1.08 bits per heavy atom. The highest BCUT2D eigenvalue weighted by Crippen LogP contribution is 2.20. The van der Waals surface area contributed by atoms with E-state index in [1.54, 1.807) is 30.3 Å². The van der Waals surface area contributed by atoms with Crippen LogP contribution in [0.4, 0.5) is 0 Å². The van der Waals surface area contributed by atoms with Crippen molar-refractivity contribution in [1.82, 2.24) is 25.5 Å². The molecule has 4 unspecified atom stereocenters. The normalized spacial score (nSPS) is 17.3. The van der Waals surface area contributed by atoms with Gasteiger partial charge in [0.05, 0.1) is 12.4 Å². The van der Waals surface area contributed by atoms with E-state index in [1.165, 1.54) is 17.4 Å². The molecule has 13 heteroatoms. The van der Waals surface area contributed by atoms with E-state index in [9.17, 15) is 29.1 Å². The molecule has 0 spiro atoms. The largest absolute Gasteiger partial charge is 0.481 e. The Hall–Kier alpha value is -4.26. The first kappa shape index (κ1) is 28.3. The molecule has 1 saturated heterocycles. The van der Waals surface area contributed by atoms with Crippen molar-refractivity contribution in [3.05, 3.63) is 54.1 Å². The van der Waals surface area contributed by atoms with E-state index in [4.69, 9.17) is 10.8 Å². The lowest BCUT2D eigenvalue weighted by atomic mass is 10.0. The fraction of sp³-hybridized carbons (Fsp3) is 0.440. The Bertz CT molecular complexity index is 1120. The topological polar surface area (TPSA) is 208 Å². The molecule has 3 rings (SSSR count). The van der Waals surface area contributed by atoms with Gasteiger partial charge in [-0.2, -0.15) is 0 Å². The third-order valence-electron chi connectivity index (χ3n) is 6.34. The zero-order valence-corrected chi connectivity index (χ0v) is 20.7. The molecular weight excluding hydrogens is 496 g/mol. The quantitative estimate of drug-likeness (QED) is 0.196. The number of H-pyrrole nitrogens is 1. The van der Waals surface area contributed by atoms with Crippen LogP contribution in [0.5, 0.6) is 0 Å². The van der Waals surface area contributed by atoms with Crippen molar-refractivity contribution in [2.45, 2.75) is 62.7 Å². The number of imidazole rings is 1. The first-order chi connectivity index (χ1) is 18.2. The number of carbonyl (C=O) groups is 5. The molecule has 13 nitrogen and oxygen atoms in total. The molecule has 7 N–H and O–H groups in total. The van der Waals surface area contributed by atoms with Gasteiger partial charge in [-0.25, -0.2) is 9.78 Å². The summed E-state index contributed by atoms with van der Waals surface area (Å²) >= 11 is 0. The third kappa shape index (κ3) is 7.87. The Morgan fingerprint density at radius 3 is 2.45 bits per heavy atom. The molecule has 2 heterocycles. The van der Waals surface area contributed by atoms with Crippen LogP contribution < -0.4 is 16.4 Å². The van der Waals surface area contributed by atoms with Gasteiger partial charge in [0.25, 0.3) is 0 Å². The zero-order valence-electron chi connectivity index (χ0n) is 20.7. The van der Waals surface area contributed by atoms with E-state index in [1.807, 2.05) is 0 Å². The molecule has 4 atom stereocenters.